The number of methoxy groups -OCH3 is 1. The van der Waals surface area contributed by atoms with Gasteiger partial charge in [0, 0.05) is 6.66 Å². The van der Waals surface area contributed by atoms with Crippen LogP contribution in [-0.2, 0) is 15.3 Å². The van der Waals surface area contributed by atoms with Crippen molar-refractivity contribution < 1.29 is 36.8 Å². The van der Waals surface area contributed by atoms with E-state index in [9.17, 15) is 22.8 Å². The minimum atomic E-state index is -4.40. The quantitative estimate of drug-likeness (QED) is 0.345. The molecular weight excluding hydrogens is 480 g/mol. The molecule has 0 bridgehead atoms. The maximum Gasteiger partial charge on any atom is 0.416 e. The maximum absolute atomic E-state index is 13.5. The lowest BCUT2D eigenvalue weighted by Crippen LogP contribution is -2.21. The highest BCUT2D eigenvalue weighted by Gasteiger charge is 2.36. The fraction of sp³-hybridized carbons (Fsp3) is 0.538. The van der Waals surface area contributed by atoms with Crippen LogP contribution in [0.5, 0.6) is 11.5 Å². The number of alkyl halides is 3. The normalized spacial score (nSPS) is 21.2. The number of hydrogen-bond donors (Lipinski definition) is 1. The molecule has 1 N–H and O–H groups in total. The number of rotatable bonds is 10. The van der Waals surface area contributed by atoms with Crippen molar-refractivity contribution in [2.45, 2.75) is 50.8 Å². The van der Waals surface area contributed by atoms with E-state index in [2.05, 4.69) is 0 Å². The van der Waals surface area contributed by atoms with Crippen LogP contribution in [0, 0.1) is 5.92 Å². The van der Waals surface area contributed by atoms with Gasteiger partial charge in [0.1, 0.15) is 11.5 Å². The van der Waals surface area contributed by atoms with Gasteiger partial charge in [0.2, 0.25) is 7.37 Å². The lowest BCUT2D eigenvalue weighted by atomic mass is 9.77. The first-order chi connectivity index (χ1) is 16.5. The summed E-state index contributed by atoms with van der Waals surface area (Å²) in [5.41, 5.74) is 0.318. The SMILES string of the molecule is CCOP(C)(=O)C[C@@H](O)c1cccc(OCC2CCC(c3cc(OC)ccc3C(F)(F)F)CC2)c1. The first-order valence-corrected chi connectivity index (χ1v) is 14.1. The summed E-state index contributed by atoms with van der Waals surface area (Å²) in [6.45, 7) is 4.04. The first-order valence-electron chi connectivity index (χ1n) is 11.9. The van der Waals surface area contributed by atoms with Gasteiger partial charge in [-0.05, 0) is 85.9 Å². The molecule has 0 spiro atoms. The van der Waals surface area contributed by atoms with E-state index in [0.29, 0.717) is 48.7 Å². The van der Waals surface area contributed by atoms with Gasteiger partial charge in [0.05, 0.1) is 38.2 Å². The molecule has 1 fully saturated rings. The second-order valence-corrected chi connectivity index (χ2v) is 11.8. The van der Waals surface area contributed by atoms with Crippen LogP contribution in [0.25, 0.3) is 0 Å². The molecule has 3 rings (SSSR count). The van der Waals surface area contributed by atoms with Crippen molar-refractivity contribution in [2.24, 2.45) is 5.92 Å². The van der Waals surface area contributed by atoms with Crippen LogP contribution in [0.2, 0.25) is 0 Å². The molecular formula is C26H34F3O5P. The predicted octanol–water partition coefficient (Wildman–Crippen LogP) is 7.04. The summed E-state index contributed by atoms with van der Waals surface area (Å²) in [4.78, 5) is 0. The number of aliphatic hydroxyl groups excluding tert-OH is 1. The molecule has 0 radical (unpaired) electrons. The summed E-state index contributed by atoms with van der Waals surface area (Å²) < 4.78 is 69.4. The second kappa shape index (κ2) is 11.8. The Kier molecular flexibility index (Phi) is 9.30. The number of benzene rings is 2. The molecule has 1 unspecified atom stereocenters. The molecule has 1 saturated carbocycles. The lowest BCUT2D eigenvalue weighted by Gasteiger charge is -2.30. The molecule has 1 aliphatic carbocycles. The van der Waals surface area contributed by atoms with E-state index >= 15 is 0 Å². The van der Waals surface area contributed by atoms with Crippen molar-refractivity contribution in [1.82, 2.24) is 0 Å². The van der Waals surface area contributed by atoms with Gasteiger partial charge < -0.3 is 19.1 Å². The molecule has 2 aromatic carbocycles. The Morgan fingerprint density at radius 2 is 1.80 bits per heavy atom. The van der Waals surface area contributed by atoms with Crippen molar-refractivity contribution in [3.63, 3.8) is 0 Å². The highest BCUT2D eigenvalue weighted by molar-refractivity contribution is 7.58. The van der Waals surface area contributed by atoms with E-state index < -0.39 is 25.2 Å². The Hall–Kier alpha value is -2.02. The molecule has 2 atom stereocenters. The summed E-state index contributed by atoms with van der Waals surface area (Å²) in [7, 11) is -1.43. The Bertz CT molecular complexity index is 1020. The third-order valence-electron chi connectivity index (χ3n) is 6.49. The number of aliphatic hydroxyl groups is 1. The zero-order valence-corrected chi connectivity index (χ0v) is 21.3. The summed E-state index contributed by atoms with van der Waals surface area (Å²) >= 11 is 0. The van der Waals surface area contributed by atoms with Crippen molar-refractivity contribution in [3.8, 4) is 11.5 Å². The molecule has 5 nitrogen and oxygen atoms in total. The largest absolute Gasteiger partial charge is 0.497 e. The van der Waals surface area contributed by atoms with Crippen molar-refractivity contribution >= 4 is 7.37 Å². The number of halogens is 3. The van der Waals surface area contributed by atoms with Crippen LogP contribution in [0.3, 0.4) is 0 Å². The lowest BCUT2D eigenvalue weighted by molar-refractivity contribution is -0.138. The van der Waals surface area contributed by atoms with Crippen LogP contribution in [0.4, 0.5) is 13.2 Å². The highest BCUT2D eigenvalue weighted by atomic mass is 31.2. The standard InChI is InChI=1S/C26H34F3O5P/c1-4-34-35(3,31)17-25(30)20-6-5-7-22(14-20)33-16-18-8-10-19(11-9-18)23-15-21(32-2)12-13-24(23)26(27,28)29/h5-7,12-15,18-19,25,30H,4,8-11,16-17H2,1-3H3/t18?,19?,25-,35?/m1/s1. The van der Waals surface area contributed by atoms with Crippen molar-refractivity contribution in [3.05, 3.63) is 59.2 Å². The van der Waals surface area contributed by atoms with Gasteiger partial charge in [0.15, 0.2) is 0 Å². The Labute approximate surface area is 205 Å². The van der Waals surface area contributed by atoms with Crippen LogP contribution in [-0.4, -0.2) is 38.3 Å². The average Bonchev–Trinajstić information content (AvgIpc) is 2.82. The second-order valence-electron chi connectivity index (χ2n) is 9.18. The summed E-state index contributed by atoms with van der Waals surface area (Å²) in [6, 6.07) is 11.0. The van der Waals surface area contributed by atoms with Gasteiger partial charge in [-0.1, -0.05) is 12.1 Å². The minimum absolute atomic E-state index is 0.0263. The van der Waals surface area contributed by atoms with E-state index in [1.807, 2.05) is 0 Å². The Balaban J connectivity index is 1.57. The van der Waals surface area contributed by atoms with Crippen LogP contribution in [0.1, 0.15) is 61.3 Å². The van der Waals surface area contributed by atoms with E-state index in [1.165, 1.54) is 25.9 Å². The smallest absolute Gasteiger partial charge is 0.416 e. The van der Waals surface area contributed by atoms with Crippen molar-refractivity contribution in [2.75, 3.05) is 33.2 Å². The molecule has 0 saturated heterocycles. The van der Waals surface area contributed by atoms with Crippen LogP contribution in [0.15, 0.2) is 42.5 Å². The van der Waals surface area contributed by atoms with Gasteiger partial charge in [-0.25, -0.2) is 0 Å². The Morgan fingerprint density at radius 3 is 2.43 bits per heavy atom. The third kappa shape index (κ3) is 7.73. The third-order valence-corrected chi connectivity index (χ3v) is 8.30. The molecule has 2 aromatic rings. The van der Waals surface area contributed by atoms with E-state index in [4.69, 9.17) is 14.0 Å². The monoisotopic (exact) mass is 514 g/mol. The molecule has 194 valence electrons. The van der Waals surface area contributed by atoms with Gasteiger partial charge in [-0.15, -0.1) is 0 Å². The minimum Gasteiger partial charge on any atom is -0.497 e. The topological polar surface area (TPSA) is 65.0 Å². The molecule has 0 heterocycles. The zero-order valence-electron chi connectivity index (χ0n) is 20.4. The van der Waals surface area contributed by atoms with Crippen LogP contribution >= 0.6 is 7.37 Å². The first kappa shape index (κ1) is 27.6. The molecule has 0 aromatic heterocycles. The Morgan fingerprint density at radius 1 is 1.09 bits per heavy atom. The summed E-state index contributed by atoms with van der Waals surface area (Å²) in [6.07, 6.45) is -2.49. The fourth-order valence-corrected chi connectivity index (χ4v) is 6.17. The molecule has 9 heteroatoms. The van der Waals surface area contributed by atoms with Crippen LogP contribution < -0.4 is 9.47 Å². The molecule has 1 aliphatic rings. The fourth-order valence-electron chi connectivity index (χ4n) is 4.67. The van der Waals surface area contributed by atoms with E-state index in [1.54, 1.807) is 31.2 Å². The number of hydrogen-bond acceptors (Lipinski definition) is 5. The molecule has 35 heavy (non-hydrogen) atoms. The number of ether oxygens (including phenoxy) is 2. The average molecular weight is 515 g/mol. The van der Waals surface area contributed by atoms with E-state index in [-0.39, 0.29) is 18.0 Å². The summed E-state index contributed by atoms with van der Waals surface area (Å²) in [5, 5.41) is 10.5. The highest BCUT2D eigenvalue weighted by Crippen LogP contribution is 2.46. The predicted molar refractivity (Wildman–Crippen MR) is 130 cm³/mol. The van der Waals surface area contributed by atoms with E-state index in [0.717, 1.165) is 18.9 Å². The van der Waals surface area contributed by atoms with Crippen molar-refractivity contribution in [1.29, 1.82) is 0 Å². The molecule has 0 aliphatic heterocycles. The van der Waals surface area contributed by atoms with Gasteiger partial charge in [-0.2, -0.15) is 13.2 Å². The maximum atomic E-state index is 13.5. The van der Waals surface area contributed by atoms with Gasteiger partial charge >= 0.3 is 6.18 Å². The van der Waals surface area contributed by atoms with Gasteiger partial charge in [0.25, 0.3) is 0 Å². The molecule has 0 amide bonds. The van der Waals surface area contributed by atoms with Gasteiger partial charge in [-0.3, -0.25) is 4.57 Å². The summed E-state index contributed by atoms with van der Waals surface area (Å²) in [5.74, 6) is 1.08. The zero-order chi connectivity index (χ0) is 25.6.